The lowest BCUT2D eigenvalue weighted by Crippen LogP contribution is -2.48. The molecule has 5 heteroatoms. The molecule has 1 atom stereocenters. The maximum Gasteiger partial charge on any atom is 0.251 e. The van der Waals surface area contributed by atoms with Gasteiger partial charge in [-0.25, -0.2) is 0 Å². The van der Waals surface area contributed by atoms with Crippen LogP contribution in [0.25, 0.3) is 0 Å². The minimum absolute atomic E-state index is 0.0219. The van der Waals surface area contributed by atoms with Crippen LogP contribution in [0.4, 0.5) is 0 Å². The van der Waals surface area contributed by atoms with Crippen LogP contribution in [0.15, 0.2) is 48.5 Å². The molecule has 3 rings (SSSR count). The number of ether oxygens (including phenoxy) is 1. The second-order valence-corrected chi connectivity index (χ2v) is 7.21. The van der Waals surface area contributed by atoms with Crippen LogP contribution in [0.1, 0.15) is 27.5 Å². The molecule has 0 bridgehead atoms. The van der Waals surface area contributed by atoms with Crippen molar-refractivity contribution in [3.05, 3.63) is 65.2 Å². The van der Waals surface area contributed by atoms with Crippen LogP contribution in [0, 0.1) is 6.92 Å². The van der Waals surface area contributed by atoms with Gasteiger partial charge in [-0.2, -0.15) is 0 Å². The highest BCUT2D eigenvalue weighted by molar-refractivity contribution is 5.94. The zero-order valence-electron chi connectivity index (χ0n) is 16.4. The first-order valence-corrected chi connectivity index (χ1v) is 9.48. The summed E-state index contributed by atoms with van der Waals surface area (Å²) in [6, 6.07) is 16.0. The summed E-state index contributed by atoms with van der Waals surface area (Å²) in [5, 5.41) is 3.14. The van der Waals surface area contributed by atoms with Crippen LogP contribution in [-0.2, 0) is 0 Å². The average Bonchev–Trinajstić information content (AvgIpc) is 2.69. The molecule has 0 aromatic heterocycles. The standard InChI is InChI=1S/C22H29N3O2/c1-17-5-4-6-19(15-17)22(26)23-16-21(25-13-11-24(2)12-14-25)18-7-9-20(27-3)10-8-18/h4-10,15,21H,11-14,16H2,1-3H3,(H,23,26). The molecule has 1 aliphatic heterocycles. The lowest BCUT2D eigenvalue weighted by Gasteiger charge is -2.38. The van der Waals surface area contributed by atoms with E-state index >= 15 is 0 Å². The van der Waals surface area contributed by atoms with E-state index in [4.69, 9.17) is 4.74 Å². The quantitative estimate of drug-likeness (QED) is 0.853. The Balaban J connectivity index is 1.73. The van der Waals surface area contributed by atoms with E-state index in [1.807, 2.05) is 43.3 Å². The molecule has 1 amide bonds. The van der Waals surface area contributed by atoms with Crippen molar-refractivity contribution in [1.29, 1.82) is 0 Å². The number of hydrogen-bond acceptors (Lipinski definition) is 4. The maximum absolute atomic E-state index is 12.6. The molecule has 144 valence electrons. The highest BCUT2D eigenvalue weighted by Crippen LogP contribution is 2.24. The van der Waals surface area contributed by atoms with Gasteiger partial charge in [-0.3, -0.25) is 9.69 Å². The maximum atomic E-state index is 12.6. The molecule has 0 saturated carbocycles. The van der Waals surface area contributed by atoms with Gasteiger partial charge in [0.1, 0.15) is 5.75 Å². The van der Waals surface area contributed by atoms with Crippen molar-refractivity contribution in [2.24, 2.45) is 0 Å². The highest BCUT2D eigenvalue weighted by Gasteiger charge is 2.24. The highest BCUT2D eigenvalue weighted by atomic mass is 16.5. The second kappa shape index (κ2) is 9.02. The largest absolute Gasteiger partial charge is 0.497 e. The molecular weight excluding hydrogens is 338 g/mol. The Bertz CT molecular complexity index is 752. The number of piperazine rings is 1. The fraction of sp³-hybridized carbons (Fsp3) is 0.409. The molecular formula is C22H29N3O2. The van der Waals surface area contributed by atoms with Crippen molar-refractivity contribution in [2.45, 2.75) is 13.0 Å². The Kier molecular flexibility index (Phi) is 6.48. The molecule has 0 spiro atoms. The number of likely N-dealkylation sites (N-methyl/N-ethyl adjacent to an activating group) is 1. The fourth-order valence-electron chi connectivity index (χ4n) is 3.50. The second-order valence-electron chi connectivity index (χ2n) is 7.21. The van der Waals surface area contributed by atoms with Crippen LogP contribution in [0.3, 0.4) is 0 Å². The lowest BCUT2D eigenvalue weighted by molar-refractivity contribution is 0.0886. The molecule has 1 saturated heterocycles. The molecule has 2 aromatic carbocycles. The van der Waals surface area contributed by atoms with Gasteiger partial charge in [0.2, 0.25) is 0 Å². The van der Waals surface area contributed by atoms with E-state index < -0.39 is 0 Å². The van der Waals surface area contributed by atoms with Gasteiger partial charge in [0.05, 0.1) is 13.2 Å². The fourth-order valence-corrected chi connectivity index (χ4v) is 3.50. The number of benzene rings is 2. The number of aryl methyl sites for hydroxylation is 1. The summed E-state index contributed by atoms with van der Waals surface area (Å²) in [7, 11) is 3.83. The summed E-state index contributed by atoms with van der Waals surface area (Å²) >= 11 is 0. The molecule has 1 aliphatic rings. The molecule has 1 N–H and O–H groups in total. The molecule has 1 fully saturated rings. The number of nitrogens with one attached hydrogen (secondary N) is 1. The normalized spacial score (nSPS) is 16.7. The molecule has 1 heterocycles. The van der Waals surface area contributed by atoms with E-state index in [-0.39, 0.29) is 11.9 Å². The first-order valence-electron chi connectivity index (χ1n) is 9.48. The number of hydrogen-bond donors (Lipinski definition) is 1. The number of carbonyl (C=O) groups is 1. The predicted molar refractivity (Wildman–Crippen MR) is 108 cm³/mol. The van der Waals surface area contributed by atoms with E-state index in [9.17, 15) is 4.79 Å². The Labute approximate surface area is 161 Å². The summed E-state index contributed by atoms with van der Waals surface area (Å²) in [6.07, 6.45) is 0. The Morgan fingerprint density at radius 1 is 1.11 bits per heavy atom. The molecule has 1 unspecified atom stereocenters. The summed E-state index contributed by atoms with van der Waals surface area (Å²) in [4.78, 5) is 17.4. The van der Waals surface area contributed by atoms with Gasteiger partial charge < -0.3 is 15.0 Å². The number of nitrogens with zero attached hydrogens (tertiary/aromatic N) is 2. The Hall–Kier alpha value is -2.37. The molecule has 27 heavy (non-hydrogen) atoms. The van der Waals surface area contributed by atoms with E-state index in [0.29, 0.717) is 12.1 Å². The Morgan fingerprint density at radius 3 is 2.44 bits per heavy atom. The zero-order valence-corrected chi connectivity index (χ0v) is 16.4. The van der Waals surface area contributed by atoms with Gasteiger partial charge >= 0.3 is 0 Å². The molecule has 2 aromatic rings. The SMILES string of the molecule is COc1ccc(C(CNC(=O)c2cccc(C)c2)N2CCN(C)CC2)cc1. The molecule has 0 radical (unpaired) electrons. The summed E-state index contributed by atoms with van der Waals surface area (Å²) in [5.41, 5.74) is 3.00. The topological polar surface area (TPSA) is 44.8 Å². The first-order chi connectivity index (χ1) is 13.1. The third-order valence-electron chi connectivity index (χ3n) is 5.22. The third-order valence-corrected chi connectivity index (χ3v) is 5.22. The minimum Gasteiger partial charge on any atom is -0.497 e. The predicted octanol–water partition coefficient (Wildman–Crippen LogP) is 2.72. The van der Waals surface area contributed by atoms with Crippen molar-refractivity contribution < 1.29 is 9.53 Å². The summed E-state index contributed by atoms with van der Waals surface area (Å²) < 4.78 is 5.29. The van der Waals surface area contributed by atoms with Gasteiger partial charge in [-0.1, -0.05) is 29.8 Å². The van der Waals surface area contributed by atoms with Crippen LogP contribution in [0.2, 0.25) is 0 Å². The smallest absolute Gasteiger partial charge is 0.251 e. The summed E-state index contributed by atoms with van der Waals surface area (Å²) in [6.45, 7) is 6.65. The van der Waals surface area contributed by atoms with Crippen LogP contribution in [-0.4, -0.2) is 62.6 Å². The molecule has 0 aliphatic carbocycles. The van der Waals surface area contributed by atoms with Crippen molar-refractivity contribution >= 4 is 5.91 Å². The van der Waals surface area contributed by atoms with Gasteiger partial charge in [0.25, 0.3) is 5.91 Å². The van der Waals surface area contributed by atoms with Gasteiger partial charge in [-0.15, -0.1) is 0 Å². The van der Waals surface area contributed by atoms with Crippen molar-refractivity contribution in [2.75, 3.05) is 46.9 Å². The van der Waals surface area contributed by atoms with Crippen LogP contribution in [0.5, 0.6) is 5.75 Å². The number of methoxy groups -OCH3 is 1. The van der Waals surface area contributed by atoms with Crippen molar-refractivity contribution in [3.63, 3.8) is 0 Å². The van der Waals surface area contributed by atoms with Gasteiger partial charge in [-0.05, 0) is 43.8 Å². The summed E-state index contributed by atoms with van der Waals surface area (Å²) in [5.74, 6) is 0.825. The first kappa shape index (κ1) is 19.4. The zero-order chi connectivity index (χ0) is 19.2. The monoisotopic (exact) mass is 367 g/mol. The van der Waals surface area contributed by atoms with Gasteiger partial charge in [0, 0.05) is 38.3 Å². The van der Waals surface area contributed by atoms with E-state index in [1.165, 1.54) is 5.56 Å². The molecule has 5 nitrogen and oxygen atoms in total. The number of rotatable bonds is 6. The van der Waals surface area contributed by atoms with Crippen molar-refractivity contribution in [1.82, 2.24) is 15.1 Å². The van der Waals surface area contributed by atoms with Crippen LogP contribution >= 0.6 is 0 Å². The van der Waals surface area contributed by atoms with Crippen LogP contribution < -0.4 is 10.1 Å². The number of carbonyl (C=O) groups excluding carboxylic acids is 1. The van der Waals surface area contributed by atoms with E-state index in [1.54, 1.807) is 7.11 Å². The lowest BCUT2D eigenvalue weighted by atomic mass is 10.0. The van der Waals surface area contributed by atoms with Gasteiger partial charge in [0.15, 0.2) is 0 Å². The average molecular weight is 367 g/mol. The van der Waals surface area contributed by atoms with E-state index in [2.05, 4.69) is 34.3 Å². The number of amides is 1. The van der Waals surface area contributed by atoms with Crippen molar-refractivity contribution in [3.8, 4) is 5.75 Å². The van der Waals surface area contributed by atoms with E-state index in [0.717, 1.165) is 37.5 Å². The third kappa shape index (κ3) is 5.08. The minimum atomic E-state index is -0.0219. The Morgan fingerprint density at radius 2 is 1.81 bits per heavy atom.